The van der Waals surface area contributed by atoms with E-state index in [1.165, 1.54) is 32.3 Å². The van der Waals surface area contributed by atoms with Gasteiger partial charge in [-0.05, 0) is 86.1 Å². The Morgan fingerprint density at radius 3 is 2.40 bits per heavy atom. The lowest BCUT2D eigenvalue weighted by atomic mass is 9.93. The molecule has 2 N–H and O–H groups in total. The Kier molecular flexibility index (Phi) is 11.6. The van der Waals surface area contributed by atoms with Gasteiger partial charge >= 0.3 is 0 Å². The van der Waals surface area contributed by atoms with E-state index in [-0.39, 0.29) is 0 Å². The predicted octanol–water partition coefficient (Wildman–Crippen LogP) is 7.45. The van der Waals surface area contributed by atoms with E-state index in [0.29, 0.717) is 42.8 Å². The number of likely N-dealkylation sites (tertiary alicyclic amines) is 1. The molecule has 3 heterocycles. The molecular weight excluding hydrogens is 624 g/mol. The molecule has 0 amide bonds. The molecule has 250 valence electrons. The van der Waals surface area contributed by atoms with Crippen LogP contribution in [0.1, 0.15) is 52.9 Å². The second-order valence-electron chi connectivity index (χ2n) is 12.1. The number of hydrogen-bond donors (Lipinski definition) is 2. The number of imidazole rings is 1. The van der Waals surface area contributed by atoms with Crippen molar-refractivity contribution < 1.29 is 14.2 Å². The van der Waals surface area contributed by atoms with Crippen LogP contribution in [0, 0.1) is 13.8 Å². The molecule has 1 aliphatic rings. The number of nitrogens with zero attached hydrogens (tertiary/aromatic N) is 4. The summed E-state index contributed by atoms with van der Waals surface area (Å²) in [6, 6.07) is 16.4. The van der Waals surface area contributed by atoms with Gasteiger partial charge in [-0.3, -0.25) is 0 Å². The number of ether oxygens (including phenoxy) is 3. The van der Waals surface area contributed by atoms with Gasteiger partial charge in [0.05, 0.1) is 18.2 Å². The molecule has 1 fully saturated rings. The predicted molar refractivity (Wildman–Crippen MR) is 188 cm³/mol. The van der Waals surface area contributed by atoms with Crippen LogP contribution in [-0.4, -0.2) is 51.1 Å². The average molecular weight is 667 g/mol. The number of benzene rings is 3. The number of nitrogens with one attached hydrogen (secondary N) is 2. The first kappa shape index (κ1) is 33.5. The highest BCUT2D eigenvalue weighted by molar-refractivity contribution is 6.32. The third-order valence-electron chi connectivity index (χ3n) is 8.76. The third-order valence-corrected chi connectivity index (χ3v) is 9.06. The zero-order valence-corrected chi connectivity index (χ0v) is 28.4. The zero-order chi connectivity index (χ0) is 33.1. The van der Waals surface area contributed by atoms with Gasteiger partial charge in [0, 0.05) is 55.1 Å². The Morgan fingerprint density at radius 1 is 0.833 bits per heavy atom. The van der Waals surface area contributed by atoms with Crippen molar-refractivity contribution in [1.82, 2.24) is 30.2 Å². The van der Waals surface area contributed by atoms with E-state index in [1.54, 1.807) is 24.8 Å². The molecule has 2 aromatic heterocycles. The number of rotatable bonds is 16. The van der Waals surface area contributed by atoms with Crippen molar-refractivity contribution in [2.24, 2.45) is 0 Å². The topological polar surface area (TPSA) is 97.4 Å². The maximum Gasteiger partial charge on any atom is 0.142 e. The first-order chi connectivity index (χ1) is 23.5. The summed E-state index contributed by atoms with van der Waals surface area (Å²) in [7, 11) is 0. The standard InChI is InChI=1S/C38H43ClN6O3/c1-27-30(8-5-9-32(27)33-10-6-11-35(28(33)2)46-17-7-16-45-14-3-4-15-45)25-48-37-19-36(47-24-29-20-41-26-42-21-29)31(18-34(37)39)22-40-23-38-43-12-13-44-38/h5-6,8-13,18-21,26,40H,3-4,7,14-17,22-25H2,1-2H3,(H,43,44). The molecular formula is C38H43ClN6O3. The molecule has 0 radical (unpaired) electrons. The highest BCUT2D eigenvalue weighted by atomic mass is 35.5. The molecule has 1 aliphatic heterocycles. The fourth-order valence-electron chi connectivity index (χ4n) is 6.06. The van der Waals surface area contributed by atoms with Crippen LogP contribution in [0.3, 0.4) is 0 Å². The maximum absolute atomic E-state index is 6.79. The summed E-state index contributed by atoms with van der Waals surface area (Å²) in [5, 5.41) is 3.92. The van der Waals surface area contributed by atoms with Crippen LogP contribution >= 0.6 is 11.6 Å². The summed E-state index contributed by atoms with van der Waals surface area (Å²) in [4.78, 5) is 18.1. The summed E-state index contributed by atoms with van der Waals surface area (Å²) >= 11 is 6.79. The van der Waals surface area contributed by atoms with Crippen LogP contribution in [0.25, 0.3) is 11.1 Å². The number of aromatic amines is 1. The monoisotopic (exact) mass is 666 g/mol. The van der Waals surface area contributed by atoms with E-state index < -0.39 is 0 Å². The second-order valence-corrected chi connectivity index (χ2v) is 12.5. The van der Waals surface area contributed by atoms with Crippen LogP contribution in [-0.2, 0) is 26.3 Å². The molecule has 0 bridgehead atoms. The van der Waals surface area contributed by atoms with Gasteiger partial charge < -0.3 is 29.4 Å². The lowest BCUT2D eigenvalue weighted by Gasteiger charge is -2.18. The molecule has 3 aromatic carbocycles. The first-order valence-corrected chi connectivity index (χ1v) is 17.0. The Bertz CT molecular complexity index is 1760. The summed E-state index contributed by atoms with van der Waals surface area (Å²) in [6.07, 6.45) is 12.2. The quantitative estimate of drug-likeness (QED) is 0.105. The van der Waals surface area contributed by atoms with E-state index >= 15 is 0 Å². The number of halogens is 1. The Hall–Kier alpha value is -4.44. The largest absolute Gasteiger partial charge is 0.493 e. The van der Waals surface area contributed by atoms with Crippen LogP contribution in [0.4, 0.5) is 0 Å². The Balaban J connectivity index is 1.14. The summed E-state index contributed by atoms with van der Waals surface area (Å²) < 4.78 is 18.9. The molecule has 0 unspecified atom stereocenters. The van der Waals surface area contributed by atoms with Crippen LogP contribution < -0.4 is 19.5 Å². The molecule has 0 saturated carbocycles. The van der Waals surface area contributed by atoms with Gasteiger partial charge in [-0.2, -0.15) is 0 Å². The van der Waals surface area contributed by atoms with Crippen LogP contribution in [0.15, 0.2) is 79.6 Å². The molecule has 48 heavy (non-hydrogen) atoms. The second kappa shape index (κ2) is 16.6. The van der Waals surface area contributed by atoms with Crippen molar-refractivity contribution in [2.45, 2.75) is 59.4 Å². The molecule has 0 atom stereocenters. The van der Waals surface area contributed by atoms with Crippen molar-refractivity contribution >= 4 is 11.6 Å². The highest BCUT2D eigenvalue weighted by Gasteiger charge is 2.16. The minimum Gasteiger partial charge on any atom is -0.493 e. The normalized spacial score (nSPS) is 13.1. The van der Waals surface area contributed by atoms with Gasteiger partial charge in [-0.1, -0.05) is 41.9 Å². The SMILES string of the molecule is Cc1c(COc2cc(OCc3cncnc3)c(CNCc3ncc[nH]3)cc2Cl)cccc1-c1cccc(OCCCN2CCCC2)c1C. The first-order valence-electron chi connectivity index (χ1n) is 16.6. The van der Waals surface area contributed by atoms with Crippen LogP contribution in [0.5, 0.6) is 17.2 Å². The molecule has 6 rings (SSSR count). The summed E-state index contributed by atoms with van der Waals surface area (Å²) in [5.41, 5.74) is 7.47. The Morgan fingerprint density at radius 2 is 1.60 bits per heavy atom. The van der Waals surface area contributed by atoms with E-state index in [4.69, 9.17) is 25.8 Å². The van der Waals surface area contributed by atoms with Crippen molar-refractivity contribution in [3.05, 3.63) is 118 Å². The fourth-order valence-corrected chi connectivity index (χ4v) is 6.30. The molecule has 0 aliphatic carbocycles. The maximum atomic E-state index is 6.79. The van der Waals surface area contributed by atoms with Gasteiger partial charge in [0.1, 0.15) is 42.6 Å². The average Bonchev–Trinajstić information content (AvgIpc) is 3.83. The summed E-state index contributed by atoms with van der Waals surface area (Å²) in [6.45, 7) is 10.3. The molecule has 9 nitrogen and oxygen atoms in total. The lowest BCUT2D eigenvalue weighted by molar-refractivity contribution is 0.262. The van der Waals surface area contributed by atoms with E-state index in [1.807, 2.05) is 12.1 Å². The zero-order valence-electron chi connectivity index (χ0n) is 27.7. The molecule has 0 spiro atoms. The number of aromatic nitrogens is 4. The fraction of sp³-hybridized carbons (Fsp3) is 0.342. The lowest BCUT2D eigenvalue weighted by Crippen LogP contribution is -2.22. The molecule has 1 saturated heterocycles. The van der Waals surface area contributed by atoms with Gasteiger partial charge in [-0.15, -0.1) is 0 Å². The highest BCUT2D eigenvalue weighted by Crippen LogP contribution is 2.36. The smallest absolute Gasteiger partial charge is 0.142 e. The van der Waals surface area contributed by atoms with Crippen molar-refractivity contribution in [3.63, 3.8) is 0 Å². The van der Waals surface area contributed by atoms with Gasteiger partial charge in [-0.25, -0.2) is 15.0 Å². The molecule has 10 heteroatoms. The van der Waals surface area contributed by atoms with E-state index in [0.717, 1.165) is 70.1 Å². The van der Waals surface area contributed by atoms with Gasteiger partial charge in [0.25, 0.3) is 0 Å². The number of H-pyrrole nitrogens is 1. The Labute approximate surface area is 287 Å². The minimum atomic E-state index is 0.314. The van der Waals surface area contributed by atoms with Crippen molar-refractivity contribution in [2.75, 3.05) is 26.2 Å². The minimum absolute atomic E-state index is 0.314. The van der Waals surface area contributed by atoms with E-state index in [9.17, 15) is 0 Å². The van der Waals surface area contributed by atoms with Crippen molar-refractivity contribution in [1.29, 1.82) is 0 Å². The number of hydrogen-bond acceptors (Lipinski definition) is 8. The van der Waals surface area contributed by atoms with Crippen LogP contribution in [0.2, 0.25) is 5.02 Å². The van der Waals surface area contributed by atoms with E-state index in [2.05, 4.69) is 80.4 Å². The van der Waals surface area contributed by atoms with Gasteiger partial charge in [0.15, 0.2) is 0 Å². The third kappa shape index (κ3) is 8.72. The molecule has 5 aromatic rings. The van der Waals surface area contributed by atoms with Crippen molar-refractivity contribution in [3.8, 4) is 28.4 Å². The van der Waals surface area contributed by atoms with Gasteiger partial charge in [0.2, 0.25) is 0 Å². The summed E-state index contributed by atoms with van der Waals surface area (Å²) in [5.74, 6) is 3.01.